The molecular weight excluding hydrogens is 301 g/mol. The van der Waals surface area contributed by atoms with E-state index in [0.29, 0.717) is 5.56 Å². The first-order valence-corrected chi connectivity index (χ1v) is 8.83. The van der Waals surface area contributed by atoms with Crippen LogP contribution in [0, 0.1) is 5.82 Å². The zero-order chi connectivity index (χ0) is 16.0. The minimum Gasteiger partial charge on any atom is -0.207 e. The van der Waals surface area contributed by atoms with Crippen molar-refractivity contribution in [1.82, 2.24) is 4.72 Å². The number of rotatable bonds is 7. The largest absolute Gasteiger partial charge is 0.240 e. The molecule has 0 saturated heterocycles. The molecule has 0 spiro atoms. The third kappa shape index (κ3) is 4.39. The molecule has 0 bridgehead atoms. The van der Waals surface area contributed by atoms with Crippen molar-refractivity contribution in [1.29, 1.82) is 0 Å². The van der Waals surface area contributed by atoms with Crippen molar-refractivity contribution in [3.8, 4) is 0 Å². The second kappa shape index (κ2) is 7.51. The fourth-order valence-corrected chi connectivity index (χ4v) is 3.12. The van der Waals surface area contributed by atoms with Crippen LogP contribution >= 0.6 is 0 Å². The summed E-state index contributed by atoms with van der Waals surface area (Å²) in [6, 6.07) is 13.0. The zero-order valence-electron chi connectivity index (χ0n) is 12.5. The SMILES string of the molecule is CCCCc1ccc(S(=O)(=O)NCc2ccccc2F)cc1. The van der Waals surface area contributed by atoms with Crippen LogP contribution in [0.4, 0.5) is 4.39 Å². The molecule has 1 N–H and O–H groups in total. The Morgan fingerprint density at radius 3 is 2.36 bits per heavy atom. The number of benzene rings is 2. The predicted molar refractivity (Wildman–Crippen MR) is 85.5 cm³/mol. The Morgan fingerprint density at radius 2 is 1.73 bits per heavy atom. The Balaban J connectivity index is 2.05. The van der Waals surface area contributed by atoms with E-state index in [1.807, 2.05) is 12.1 Å². The molecule has 0 saturated carbocycles. The third-order valence-corrected chi connectivity index (χ3v) is 4.88. The standard InChI is InChI=1S/C17H20FNO2S/c1-2-3-6-14-9-11-16(12-10-14)22(20,21)19-13-15-7-4-5-8-17(15)18/h4-5,7-12,19H,2-3,6,13H2,1H3. The molecule has 0 unspecified atom stereocenters. The summed E-state index contributed by atoms with van der Waals surface area (Å²) in [5.41, 5.74) is 1.44. The average Bonchev–Trinajstić information content (AvgIpc) is 2.52. The maximum Gasteiger partial charge on any atom is 0.240 e. The van der Waals surface area contributed by atoms with E-state index in [2.05, 4.69) is 11.6 Å². The number of unbranched alkanes of at least 4 members (excludes halogenated alkanes) is 1. The van der Waals surface area contributed by atoms with Gasteiger partial charge in [-0.25, -0.2) is 17.5 Å². The van der Waals surface area contributed by atoms with E-state index in [1.54, 1.807) is 30.3 Å². The Morgan fingerprint density at radius 1 is 1.05 bits per heavy atom. The third-order valence-electron chi connectivity index (χ3n) is 3.46. The van der Waals surface area contributed by atoms with Crippen LogP contribution in [0.15, 0.2) is 53.4 Å². The van der Waals surface area contributed by atoms with Gasteiger partial charge in [0.05, 0.1) is 4.90 Å². The van der Waals surface area contributed by atoms with E-state index in [1.165, 1.54) is 6.07 Å². The second-order valence-corrected chi connectivity index (χ2v) is 6.93. The predicted octanol–water partition coefficient (Wildman–Crippen LogP) is 3.65. The fourth-order valence-electron chi connectivity index (χ4n) is 2.11. The number of sulfonamides is 1. The summed E-state index contributed by atoms with van der Waals surface area (Å²) in [6.45, 7) is 2.05. The Labute approximate surface area is 131 Å². The first kappa shape index (κ1) is 16.6. The zero-order valence-corrected chi connectivity index (χ0v) is 13.4. The molecule has 0 amide bonds. The fraction of sp³-hybridized carbons (Fsp3) is 0.294. The van der Waals surface area contributed by atoms with Gasteiger partial charge in [0.2, 0.25) is 10.0 Å². The van der Waals surface area contributed by atoms with Gasteiger partial charge in [-0.1, -0.05) is 43.7 Å². The van der Waals surface area contributed by atoms with Crippen LogP contribution in [-0.2, 0) is 23.0 Å². The Bertz CT molecular complexity index is 712. The highest BCUT2D eigenvalue weighted by atomic mass is 32.2. The molecule has 2 aromatic rings. The number of hydrogen-bond acceptors (Lipinski definition) is 2. The number of nitrogens with one attached hydrogen (secondary N) is 1. The second-order valence-electron chi connectivity index (χ2n) is 5.16. The van der Waals surface area contributed by atoms with Crippen molar-refractivity contribution in [3.05, 3.63) is 65.5 Å². The van der Waals surface area contributed by atoms with Crippen LogP contribution in [0.2, 0.25) is 0 Å². The highest BCUT2D eigenvalue weighted by molar-refractivity contribution is 7.89. The summed E-state index contributed by atoms with van der Waals surface area (Å²) in [4.78, 5) is 0.198. The van der Waals surface area contributed by atoms with Gasteiger partial charge in [0.15, 0.2) is 0 Å². The number of halogens is 1. The van der Waals surface area contributed by atoms with E-state index < -0.39 is 15.8 Å². The van der Waals surface area contributed by atoms with E-state index >= 15 is 0 Å². The quantitative estimate of drug-likeness (QED) is 0.846. The lowest BCUT2D eigenvalue weighted by atomic mass is 10.1. The first-order chi connectivity index (χ1) is 10.5. The van der Waals surface area contributed by atoms with Crippen molar-refractivity contribution in [2.24, 2.45) is 0 Å². The van der Waals surface area contributed by atoms with Crippen molar-refractivity contribution >= 4 is 10.0 Å². The lowest BCUT2D eigenvalue weighted by Gasteiger charge is -2.08. The van der Waals surface area contributed by atoms with Gasteiger partial charge in [-0.3, -0.25) is 0 Å². The molecule has 2 aromatic carbocycles. The topological polar surface area (TPSA) is 46.2 Å². The van der Waals surface area contributed by atoms with Gasteiger partial charge in [0.25, 0.3) is 0 Å². The summed E-state index contributed by atoms with van der Waals surface area (Å²) in [5, 5.41) is 0. The summed E-state index contributed by atoms with van der Waals surface area (Å²) < 4.78 is 40.3. The molecule has 0 aliphatic heterocycles. The normalized spacial score (nSPS) is 11.5. The summed E-state index contributed by atoms with van der Waals surface area (Å²) in [6.07, 6.45) is 3.13. The lowest BCUT2D eigenvalue weighted by molar-refractivity contribution is 0.574. The first-order valence-electron chi connectivity index (χ1n) is 7.35. The van der Waals surface area contributed by atoms with Crippen molar-refractivity contribution in [2.45, 2.75) is 37.6 Å². The molecule has 118 valence electrons. The molecule has 0 aliphatic rings. The summed E-state index contributed by atoms with van der Waals surface area (Å²) >= 11 is 0. The van der Waals surface area contributed by atoms with Gasteiger partial charge in [0, 0.05) is 12.1 Å². The van der Waals surface area contributed by atoms with E-state index in [4.69, 9.17) is 0 Å². The van der Waals surface area contributed by atoms with Gasteiger partial charge in [-0.2, -0.15) is 0 Å². The maximum atomic E-state index is 13.5. The van der Waals surface area contributed by atoms with Gasteiger partial charge in [-0.05, 0) is 36.6 Å². The van der Waals surface area contributed by atoms with Gasteiger partial charge < -0.3 is 0 Å². The molecule has 0 radical (unpaired) electrons. The minimum atomic E-state index is -3.63. The van der Waals surface area contributed by atoms with Crippen LogP contribution < -0.4 is 4.72 Å². The van der Waals surface area contributed by atoms with Gasteiger partial charge in [0.1, 0.15) is 5.82 Å². The van der Waals surface area contributed by atoms with Crippen LogP contribution in [0.5, 0.6) is 0 Å². The van der Waals surface area contributed by atoms with Crippen LogP contribution in [0.1, 0.15) is 30.9 Å². The minimum absolute atomic E-state index is 0.0629. The molecule has 0 aliphatic carbocycles. The van der Waals surface area contributed by atoms with E-state index in [9.17, 15) is 12.8 Å². The number of aryl methyl sites for hydroxylation is 1. The summed E-state index contributed by atoms with van der Waals surface area (Å²) in [7, 11) is -3.63. The lowest BCUT2D eigenvalue weighted by Crippen LogP contribution is -2.23. The van der Waals surface area contributed by atoms with Crippen LogP contribution in [0.3, 0.4) is 0 Å². The molecule has 22 heavy (non-hydrogen) atoms. The van der Waals surface area contributed by atoms with Gasteiger partial charge >= 0.3 is 0 Å². The Kier molecular flexibility index (Phi) is 5.69. The molecule has 3 nitrogen and oxygen atoms in total. The average molecular weight is 321 g/mol. The van der Waals surface area contributed by atoms with E-state index in [-0.39, 0.29) is 11.4 Å². The van der Waals surface area contributed by atoms with Crippen molar-refractivity contribution in [3.63, 3.8) is 0 Å². The highest BCUT2D eigenvalue weighted by Crippen LogP contribution is 2.14. The smallest absolute Gasteiger partial charge is 0.207 e. The monoisotopic (exact) mass is 321 g/mol. The summed E-state index contributed by atoms with van der Waals surface area (Å²) in [5.74, 6) is -0.417. The van der Waals surface area contributed by atoms with Gasteiger partial charge in [-0.15, -0.1) is 0 Å². The maximum absolute atomic E-state index is 13.5. The molecule has 0 heterocycles. The molecular formula is C17H20FNO2S. The van der Waals surface area contributed by atoms with Crippen LogP contribution in [-0.4, -0.2) is 8.42 Å². The van der Waals surface area contributed by atoms with Crippen molar-refractivity contribution in [2.75, 3.05) is 0 Å². The number of hydrogen-bond donors (Lipinski definition) is 1. The van der Waals surface area contributed by atoms with Crippen molar-refractivity contribution < 1.29 is 12.8 Å². The molecule has 0 fully saturated rings. The highest BCUT2D eigenvalue weighted by Gasteiger charge is 2.14. The molecule has 5 heteroatoms. The Hall–Kier alpha value is -1.72. The van der Waals surface area contributed by atoms with Crippen LogP contribution in [0.25, 0.3) is 0 Å². The van der Waals surface area contributed by atoms with E-state index in [0.717, 1.165) is 24.8 Å². The molecule has 0 atom stereocenters. The molecule has 2 rings (SSSR count). The molecule has 0 aromatic heterocycles.